The first kappa shape index (κ1) is 19.2. The summed E-state index contributed by atoms with van der Waals surface area (Å²) >= 11 is 3.30. The molecule has 0 bridgehead atoms. The normalized spacial score (nSPS) is 11.4. The summed E-state index contributed by atoms with van der Waals surface area (Å²) in [6.07, 6.45) is 0. The number of thiophene rings is 1. The number of alkyl halides is 2. The van der Waals surface area contributed by atoms with Gasteiger partial charge in [-0.2, -0.15) is 8.78 Å². The number of hydrogen-bond donors (Lipinski definition) is 0. The van der Waals surface area contributed by atoms with Crippen molar-refractivity contribution in [3.8, 4) is 5.75 Å². The first-order valence-electron chi connectivity index (χ1n) is 7.76. The number of thioether (sulfide) groups is 2. The summed E-state index contributed by atoms with van der Waals surface area (Å²) in [5, 5.41) is 2.51. The first-order chi connectivity index (χ1) is 12.5. The second kappa shape index (κ2) is 8.41. The average Bonchev–Trinajstić information content (AvgIpc) is 3.09. The van der Waals surface area contributed by atoms with Crippen molar-refractivity contribution < 1.29 is 13.5 Å². The highest BCUT2D eigenvalue weighted by Gasteiger charge is 2.14. The molecule has 0 amide bonds. The van der Waals surface area contributed by atoms with Crippen LogP contribution in [0.15, 0.2) is 44.5 Å². The van der Waals surface area contributed by atoms with Crippen LogP contribution in [0.5, 0.6) is 5.75 Å². The number of methoxy groups -OCH3 is 1. The Morgan fingerprint density at radius 2 is 2.15 bits per heavy atom. The highest BCUT2D eigenvalue weighted by molar-refractivity contribution is 7.99. The molecule has 1 aromatic carbocycles. The smallest absolute Gasteiger partial charge is 0.289 e. The minimum Gasteiger partial charge on any atom is -0.496 e. The van der Waals surface area contributed by atoms with Crippen molar-refractivity contribution >= 4 is 45.1 Å². The molecule has 3 aromatic rings. The van der Waals surface area contributed by atoms with E-state index in [4.69, 9.17) is 4.74 Å². The molecule has 0 radical (unpaired) electrons. The van der Waals surface area contributed by atoms with Crippen molar-refractivity contribution in [3.05, 3.63) is 45.6 Å². The summed E-state index contributed by atoms with van der Waals surface area (Å²) in [7, 11) is 1.46. The topological polar surface area (TPSA) is 44.1 Å². The fraction of sp³-hybridized carbons (Fsp3) is 0.294. The number of aromatic nitrogens is 2. The molecule has 0 unspecified atom stereocenters. The molecule has 0 aliphatic carbocycles. The van der Waals surface area contributed by atoms with Crippen LogP contribution >= 0.6 is 34.9 Å². The Morgan fingerprint density at radius 3 is 2.85 bits per heavy atom. The number of halogens is 2. The fourth-order valence-electron chi connectivity index (χ4n) is 2.46. The molecule has 0 atom stereocenters. The Bertz CT molecular complexity index is 972. The van der Waals surface area contributed by atoms with E-state index in [9.17, 15) is 13.6 Å². The summed E-state index contributed by atoms with van der Waals surface area (Å²) in [6.45, 7) is 2.45. The molecule has 2 aromatic heterocycles. The van der Waals surface area contributed by atoms with Crippen molar-refractivity contribution in [2.45, 2.75) is 35.0 Å². The quantitative estimate of drug-likeness (QED) is 0.398. The van der Waals surface area contributed by atoms with Crippen molar-refractivity contribution in [1.82, 2.24) is 9.55 Å². The molecule has 0 fully saturated rings. The maximum Gasteiger partial charge on any atom is 0.289 e. The average molecular weight is 415 g/mol. The van der Waals surface area contributed by atoms with Gasteiger partial charge in [-0.1, -0.05) is 29.6 Å². The predicted octanol–water partition coefficient (Wildman–Crippen LogP) is 5.09. The zero-order valence-corrected chi connectivity index (χ0v) is 16.5. The summed E-state index contributed by atoms with van der Waals surface area (Å²) in [4.78, 5) is 17.5. The van der Waals surface area contributed by atoms with Gasteiger partial charge >= 0.3 is 0 Å². The molecule has 0 aliphatic heterocycles. The molecule has 0 saturated heterocycles. The van der Waals surface area contributed by atoms with E-state index in [1.807, 2.05) is 18.4 Å². The van der Waals surface area contributed by atoms with Gasteiger partial charge in [-0.3, -0.25) is 9.36 Å². The second-order valence-corrected chi connectivity index (χ2v) is 8.12. The van der Waals surface area contributed by atoms with Crippen LogP contribution in [0.3, 0.4) is 0 Å². The van der Waals surface area contributed by atoms with Gasteiger partial charge in [-0.05, 0) is 36.1 Å². The minimum absolute atomic E-state index is 0.0312. The predicted molar refractivity (Wildman–Crippen MR) is 104 cm³/mol. The summed E-state index contributed by atoms with van der Waals surface area (Å²) in [6, 6.07) is 7.01. The summed E-state index contributed by atoms with van der Waals surface area (Å²) in [5.41, 5.74) is 1.58. The number of rotatable bonds is 7. The van der Waals surface area contributed by atoms with Crippen LogP contribution in [0, 0.1) is 0 Å². The number of ether oxygens (including phenoxy) is 1. The lowest BCUT2D eigenvalue weighted by molar-refractivity contribution is 0.251. The van der Waals surface area contributed by atoms with Gasteiger partial charge in [0, 0.05) is 12.3 Å². The van der Waals surface area contributed by atoms with Gasteiger partial charge < -0.3 is 4.74 Å². The van der Waals surface area contributed by atoms with Crippen molar-refractivity contribution in [2.24, 2.45) is 0 Å². The van der Waals surface area contributed by atoms with Crippen molar-refractivity contribution in [3.63, 3.8) is 0 Å². The minimum atomic E-state index is -2.50. The van der Waals surface area contributed by atoms with E-state index >= 15 is 0 Å². The zero-order chi connectivity index (χ0) is 18.7. The van der Waals surface area contributed by atoms with Gasteiger partial charge in [0.1, 0.15) is 10.4 Å². The molecule has 4 nitrogen and oxygen atoms in total. The number of fused-ring (bicyclic) bond motifs is 1. The van der Waals surface area contributed by atoms with Crippen LogP contribution < -0.4 is 10.3 Å². The van der Waals surface area contributed by atoms with Gasteiger partial charge in [0.05, 0.1) is 17.5 Å². The van der Waals surface area contributed by atoms with Crippen LogP contribution in [-0.4, -0.2) is 22.4 Å². The van der Waals surface area contributed by atoms with Crippen LogP contribution in [0.1, 0.15) is 12.5 Å². The van der Waals surface area contributed by atoms with Crippen LogP contribution in [0.4, 0.5) is 8.78 Å². The molecular weight excluding hydrogens is 398 g/mol. The van der Waals surface area contributed by atoms with Gasteiger partial charge in [0.25, 0.3) is 11.3 Å². The van der Waals surface area contributed by atoms with E-state index in [0.29, 0.717) is 50.1 Å². The van der Waals surface area contributed by atoms with E-state index < -0.39 is 5.76 Å². The summed E-state index contributed by atoms with van der Waals surface area (Å²) < 4.78 is 32.7. The molecular formula is C17H16F2N2O2S3. The number of hydrogen-bond acceptors (Lipinski definition) is 6. The molecule has 0 aliphatic rings. The van der Waals surface area contributed by atoms with E-state index in [1.165, 1.54) is 30.2 Å². The van der Waals surface area contributed by atoms with Crippen LogP contribution in [0.25, 0.3) is 10.2 Å². The maximum absolute atomic E-state index is 12.6. The third kappa shape index (κ3) is 4.05. The zero-order valence-electron chi connectivity index (χ0n) is 14.1. The van der Waals surface area contributed by atoms with Gasteiger partial charge in [-0.25, -0.2) is 4.98 Å². The highest BCUT2D eigenvalue weighted by atomic mass is 32.2. The molecule has 0 spiro atoms. The molecule has 0 saturated carbocycles. The Morgan fingerprint density at radius 1 is 1.35 bits per heavy atom. The molecule has 0 N–H and O–H groups in total. The van der Waals surface area contributed by atoms with Crippen LogP contribution in [0.2, 0.25) is 0 Å². The van der Waals surface area contributed by atoms with Crippen LogP contribution in [-0.2, 0) is 12.3 Å². The lowest BCUT2D eigenvalue weighted by atomic mass is 10.2. The Balaban J connectivity index is 1.85. The third-order valence-corrected chi connectivity index (χ3v) is 6.37. The molecule has 2 heterocycles. The molecule has 9 heteroatoms. The summed E-state index contributed by atoms with van der Waals surface area (Å²) in [5.74, 6) is -1.52. The largest absolute Gasteiger partial charge is 0.496 e. The monoisotopic (exact) mass is 414 g/mol. The highest BCUT2D eigenvalue weighted by Crippen LogP contribution is 2.35. The molecule has 26 heavy (non-hydrogen) atoms. The molecule has 3 rings (SSSR count). The van der Waals surface area contributed by atoms with Gasteiger partial charge in [0.15, 0.2) is 5.16 Å². The Labute approximate surface area is 161 Å². The lowest BCUT2D eigenvalue weighted by Gasteiger charge is -2.12. The van der Waals surface area contributed by atoms with E-state index in [-0.39, 0.29) is 5.56 Å². The van der Waals surface area contributed by atoms with Crippen molar-refractivity contribution in [2.75, 3.05) is 7.11 Å². The van der Waals surface area contributed by atoms with Crippen molar-refractivity contribution in [1.29, 1.82) is 0 Å². The van der Waals surface area contributed by atoms with Gasteiger partial charge in [0.2, 0.25) is 0 Å². The first-order valence-corrected chi connectivity index (χ1v) is 10.5. The Hall–Kier alpha value is -1.58. The van der Waals surface area contributed by atoms with E-state index in [2.05, 4.69) is 4.98 Å². The number of nitrogens with zero attached hydrogens (tertiary/aromatic N) is 2. The van der Waals surface area contributed by atoms with E-state index in [1.54, 1.807) is 22.8 Å². The standard InChI is InChI=1S/C17H16F2N2O2S3/c1-3-21-15(22)14-11(6-7-24-14)20-17(21)25-9-10-4-5-13(26-16(18)19)12(8-10)23-2/h4-8,16H,3,9H2,1-2H3. The van der Waals surface area contributed by atoms with Gasteiger partial charge in [-0.15, -0.1) is 11.3 Å². The third-order valence-electron chi connectivity index (χ3n) is 3.66. The Kier molecular flexibility index (Phi) is 6.20. The fourth-order valence-corrected chi connectivity index (χ4v) is 4.84. The molecule has 138 valence electrons. The van der Waals surface area contributed by atoms with E-state index in [0.717, 1.165) is 5.56 Å². The lowest BCUT2D eigenvalue weighted by Crippen LogP contribution is -2.21. The maximum atomic E-state index is 12.6. The number of benzene rings is 1. The SMILES string of the molecule is CCn1c(SCc2ccc(SC(F)F)c(OC)c2)nc2ccsc2c1=O. The second-order valence-electron chi connectivity index (χ2n) is 5.23.